The van der Waals surface area contributed by atoms with Crippen molar-refractivity contribution >= 4 is 16.7 Å². The molecule has 2 heteroatoms. The Labute approximate surface area is 82.9 Å². The van der Waals surface area contributed by atoms with E-state index in [4.69, 9.17) is 0 Å². The molecule has 0 saturated carbocycles. The zero-order valence-electron chi connectivity index (χ0n) is 8.21. The van der Waals surface area contributed by atoms with Crippen molar-refractivity contribution in [1.29, 1.82) is 0 Å². The average Bonchev–Trinajstić information content (AvgIpc) is 2.61. The summed E-state index contributed by atoms with van der Waals surface area (Å²) in [4.78, 5) is 14.8. The molecule has 0 amide bonds. The summed E-state index contributed by atoms with van der Waals surface area (Å²) in [6, 6.07) is 7.89. The molecule has 0 saturated heterocycles. The van der Waals surface area contributed by atoms with E-state index >= 15 is 0 Å². The van der Waals surface area contributed by atoms with Crippen LogP contribution in [0.3, 0.4) is 0 Å². The fourth-order valence-electron chi connectivity index (χ4n) is 1.66. The Morgan fingerprint density at radius 3 is 2.93 bits per heavy atom. The molecule has 0 spiro atoms. The standard InChI is InChI=1S/C12H13NO/c1-2-5-12(14)10-8-13-11-7-4-3-6-9(10)11/h3-4,6-8,13H,2,5H2,1H3. The number of hydrogen-bond acceptors (Lipinski definition) is 1. The molecule has 0 aliphatic rings. The van der Waals surface area contributed by atoms with Gasteiger partial charge in [0, 0.05) is 29.1 Å². The van der Waals surface area contributed by atoms with Crippen LogP contribution in [0.4, 0.5) is 0 Å². The summed E-state index contributed by atoms with van der Waals surface area (Å²) >= 11 is 0. The Bertz CT molecular complexity index is 456. The lowest BCUT2D eigenvalue weighted by Gasteiger charge is -1.95. The molecular formula is C12H13NO. The highest BCUT2D eigenvalue weighted by atomic mass is 16.1. The third kappa shape index (κ3) is 1.43. The fraction of sp³-hybridized carbons (Fsp3) is 0.250. The molecule has 2 rings (SSSR count). The van der Waals surface area contributed by atoms with E-state index in [1.165, 1.54) is 0 Å². The van der Waals surface area contributed by atoms with E-state index in [0.717, 1.165) is 22.9 Å². The van der Waals surface area contributed by atoms with Gasteiger partial charge in [-0.3, -0.25) is 4.79 Å². The van der Waals surface area contributed by atoms with Crippen LogP contribution in [-0.4, -0.2) is 10.8 Å². The number of carbonyl (C=O) groups excluding carboxylic acids is 1. The first kappa shape index (κ1) is 9.00. The first-order valence-electron chi connectivity index (χ1n) is 4.92. The normalized spacial score (nSPS) is 10.6. The summed E-state index contributed by atoms with van der Waals surface area (Å²) in [6.45, 7) is 2.02. The molecule has 1 aromatic carbocycles. The Kier molecular flexibility index (Phi) is 2.35. The number of Topliss-reactive ketones (excluding diaryl/α,β-unsaturated/α-hetero) is 1. The number of ketones is 1. The first-order chi connectivity index (χ1) is 6.83. The summed E-state index contributed by atoms with van der Waals surface area (Å²) in [5.74, 6) is 0.227. The van der Waals surface area contributed by atoms with Crippen LogP contribution in [0, 0.1) is 0 Å². The molecule has 0 aliphatic heterocycles. The van der Waals surface area contributed by atoms with Gasteiger partial charge in [0.15, 0.2) is 5.78 Å². The number of fused-ring (bicyclic) bond motifs is 1. The highest BCUT2D eigenvalue weighted by molar-refractivity contribution is 6.07. The molecule has 2 nitrogen and oxygen atoms in total. The van der Waals surface area contributed by atoms with Gasteiger partial charge in [0.25, 0.3) is 0 Å². The Hall–Kier alpha value is -1.57. The molecule has 0 atom stereocenters. The van der Waals surface area contributed by atoms with Gasteiger partial charge in [0.05, 0.1) is 0 Å². The van der Waals surface area contributed by atoms with Crippen molar-refractivity contribution in [1.82, 2.24) is 4.98 Å². The van der Waals surface area contributed by atoms with E-state index in [1.54, 1.807) is 0 Å². The predicted molar refractivity (Wildman–Crippen MR) is 57.5 cm³/mol. The second kappa shape index (κ2) is 3.66. The van der Waals surface area contributed by atoms with Crippen molar-refractivity contribution in [2.24, 2.45) is 0 Å². The molecule has 72 valence electrons. The highest BCUT2D eigenvalue weighted by Crippen LogP contribution is 2.19. The molecular weight excluding hydrogens is 174 g/mol. The molecule has 1 N–H and O–H groups in total. The smallest absolute Gasteiger partial charge is 0.165 e. The number of carbonyl (C=O) groups is 1. The topological polar surface area (TPSA) is 32.9 Å². The minimum Gasteiger partial charge on any atom is -0.360 e. The summed E-state index contributed by atoms with van der Waals surface area (Å²) in [5, 5.41) is 1.03. The van der Waals surface area contributed by atoms with Crippen LogP contribution < -0.4 is 0 Å². The average molecular weight is 187 g/mol. The second-order valence-corrected chi connectivity index (χ2v) is 3.42. The number of nitrogens with one attached hydrogen (secondary N) is 1. The number of aromatic amines is 1. The monoisotopic (exact) mass is 187 g/mol. The highest BCUT2D eigenvalue weighted by Gasteiger charge is 2.09. The second-order valence-electron chi connectivity index (χ2n) is 3.42. The van der Waals surface area contributed by atoms with Crippen LogP contribution in [0.2, 0.25) is 0 Å². The van der Waals surface area contributed by atoms with Gasteiger partial charge in [-0.15, -0.1) is 0 Å². The maximum atomic E-state index is 11.7. The largest absolute Gasteiger partial charge is 0.360 e. The minimum absolute atomic E-state index is 0.227. The molecule has 0 radical (unpaired) electrons. The summed E-state index contributed by atoms with van der Waals surface area (Å²) in [6.07, 6.45) is 3.34. The number of H-pyrrole nitrogens is 1. The fourth-order valence-corrected chi connectivity index (χ4v) is 1.66. The molecule has 0 aliphatic carbocycles. The maximum absolute atomic E-state index is 11.7. The van der Waals surface area contributed by atoms with E-state index in [9.17, 15) is 4.79 Å². The van der Waals surface area contributed by atoms with Crippen LogP contribution >= 0.6 is 0 Å². The van der Waals surface area contributed by atoms with Gasteiger partial charge in [-0.25, -0.2) is 0 Å². The first-order valence-corrected chi connectivity index (χ1v) is 4.92. The van der Waals surface area contributed by atoms with Gasteiger partial charge >= 0.3 is 0 Å². The summed E-state index contributed by atoms with van der Waals surface area (Å²) in [5.41, 5.74) is 1.86. The van der Waals surface area contributed by atoms with Gasteiger partial charge in [0.2, 0.25) is 0 Å². The SMILES string of the molecule is CCCC(=O)c1c[nH]c2ccccc12. The number of para-hydroxylation sites is 1. The van der Waals surface area contributed by atoms with Gasteiger partial charge in [-0.1, -0.05) is 25.1 Å². The van der Waals surface area contributed by atoms with Crippen LogP contribution in [0.5, 0.6) is 0 Å². The predicted octanol–water partition coefficient (Wildman–Crippen LogP) is 3.15. The molecule has 1 heterocycles. The number of benzene rings is 1. The number of hydrogen-bond donors (Lipinski definition) is 1. The Morgan fingerprint density at radius 2 is 2.14 bits per heavy atom. The Balaban J connectivity index is 2.47. The van der Waals surface area contributed by atoms with Crippen LogP contribution in [0.15, 0.2) is 30.5 Å². The molecule has 1 aromatic heterocycles. The van der Waals surface area contributed by atoms with E-state index in [-0.39, 0.29) is 5.78 Å². The van der Waals surface area contributed by atoms with Crippen molar-refractivity contribution in [2.45, 2.75) is 19.8 Å². The third-order valence-electron chi connectivity index (χ3n) is 2.37. The number of aromatic nitrogens is 1. The molecule has 2 aromatic rings. The van der Waals surface area contributed by atoms with Crippen molar-refractivity contribution in [3.05, 3.63) is 36.0 Å². The zero-order valence-corrected chi connectivity index (χ0v) is 8.21. The van der Waals surface area contributed by atoms with Crippen LogP contribution in [0.25, 0.3) is 10.9 Å². The van der Waals surface area contributed by atoms with Gasteiger partial charge in [0.1, 0.15) is 0 Å². The van der Waals surface area contributed by atoms with E-state index in [1.807, 2.05) is 37.4 Å². The lowest BCUT2D eigenvalue weighted by atomic mass is 10.1. The van der Waals surface area contributed by atoms with Crippen LogP contribution in [-0.2, 0) is 0 Å². The van der Waals surface area contributed by atoms with Crippen molar-refractivity contribution in [3.8, 4) is 0 Å². The van der Waals surface area contributed by atoms with Crippen molar-refractivity contribution in [2.75, 3.05) is 0 Å². The van der Waals surface area contributed by atoms with Crippen molar-refractivity contribution in [3.63, 3.8) is 0 Å². The van der Waals surface area contributed by atoms with Crippen molar-refractivity contribution < 1.29 is 4.79 Å². The third-order valence-corrected chi connectivity index (χ3v) is 2.37. The lowest BCUT2D eigenvalue weighted by molar-refractivity contribution is 0.0983. The molecule has 0 fully saturated rings. The quantitative estimate of drug-likeness (QED) is 0.735. The minimum atomic E-state index is 0.227. The van der Waals surface area contributed by atoms with E-state index in [2.05, 4.69) is 4.98 Å². The van der Waals surface area contributed by atoms with Crippen LogP contribution in [0.1, 0.15) is 30.1 Å². The molecule has 0 unspecified atom stereocenters. The van der Waals surface area contributed by atoms with Gasteiger partial charge < -0.3 is 4.98 Å². The summed E-state index contributed by atoms with van der Waals surface area (Å²) < 4.78 is 0. The van der Waals surface area contributed by atoms with E-state index < -0.39 is 0 Å². The number of rotatable bonds is 3. The Morgan fingerprint density at radius 1 is 1.36 bits per heavy atom. The van der Waals surface area contributed by atoms with Gasteiger partial charge in [-0.05, 0) is 12.5 Å². The molecule has 0 bridgehead atoms. The zero-order chi connectivity index (χ0) is 9.97. The maximum Gasteiger partial charge on any atom is 0.165 e. The lowest BCUT2D eigenvalue weighted by Crippen LogP contribution is -1.95. The molecule has 14 heavy (non-hydrogen) atoms. The summed E-state index contributed by atoms with van der Waals surface area (Å²) in [7, 11) is 0. The van der Waals surface area contributed by atoms with Gasteiger partial charge in [-0.2, -0.15) is 0 Å². The van der Waals surface area contributed by atoms with E-state index in [0.29, 0.717) is 6.42 Å².